The molecule has 1 heterocycles. The topological polar surface area (TPSA) is 36.6 Å². The van der Waals surface area contributed by atoms with E-state index in [0.717, 1.165) is 18.7 Å². The van der Waals surface area contributed by atoms with Gasteiger partial charge in [-0.1, -0.05) is 13.8 Å². The molecule has 1 unspecified atom stereocenters. The molecule has 0 saturated carbocycles. The maximum Gasteiger partial charge on any atom is 0.0999 e. The lowest BCUT2D eigenvalue weighted by atomic mass is 9.91. The van der Waals surface area contributed by atoms with Crippen molar-refractivity contribution in [3.05, 3.63) is 24.2 Å². The first kappa shape index (κ1) is 12.3. The van der Waals surface area contributed by atoms with Crippen molar-refractivity contribution in [2.75, 3.05) is 13.1 Å². The molecule has 15 heavy (non-hydrogen) atoms. The molecule has 1 aromatic rings. The highest BCUT2D eigenvalue weighted by atomic mass is 16.3. The lowest BCUT2D eigenvalue weighted by Gasteiger charge is -2.40. The largest absolute Gasteiger partial charge is 0.472 e. The molecular weight excluding hydrogens is 190 g/mol. The molecule has 3 nitrogen and oxygen atoms in total. The van der Waals surface area contributed by atoms with E-state index in [2.05, 4.69) is 32.6 Å². The number of aliphatic hydroxyl groups is 1. The number of hydrogen-bond donors (Lipinski definition) is 1. The van der Waals surface area contributed by atoms with Crippen molar-refractivity contribution >= 4 is 0 Å². The van der Waals surface area contributed by atoms with Gasteiger partial charge >= 0.3 is 0 Å². The summed E-state index contributed by atoms with van der Waals surface area (Å²) in [6.45, 7) is 10.2. The molecule has 0 fully saturated rings. The van der Waals surface area contributed by atoms with Crippen LogP contribution < -0.4 is 0 Å². The van der Waals surface area contributed by atoms with Crippen LogP contribution in [0.5, 0.6) is 0 Å². The van der Waals surface area contributed by atoms with E-state index >= 15 is 0 Å². The third-order valence-corrected chi connectivity index (χ3v) is 3.11. The Hall–Kier alpha value is -0.800. The second kappa shape index (κ2) is 4.81. The molecular formula is C12H21NO2. The Morgan fingerprint density at radius 2 is 2.00 bits per heavy atom. The van der Waals surface area contributed by atoms with Gasteiger partial charge in [-0.3, -0.25) is 4.90 Å². The number of aliphatic hydroxyl groups excluding tert-OH is 1. The zero-order valence-corrected chi connectivity index (χ0v) is 10.0. The van der Waals surface area contributed by atoms with Crippen LogP contribution in [0.2, 0.25) is 0 Å². The SMILES string of the molecule is CCN(CC)C(C)(C)C(O)c1ccoc1. The summed E-state index contributed by atoms with van der Waals surface area (Å²) in [6, 6.07) is 1.82. The Bertz CT molecular complexity index is 276. The third kappa shape index (κ3) is 2.41. The van der Waals surface area contributed by atoms with E-state index in [1.54, 1.807) is 12.5 Å². The summed E-state index contributed by atoms with van der Waals surface area (Å²) in [5, 5.41) is 10.3. The minimum atomic E-state index is -0.517. The fourth-order valence-electron chi connectivity index (χ4n) is 2.05. The quantitative estimate of drug-likeness (QED) is 0.812. The summed E-state index contributed by atoms with van der Waals surface area (Å²) in [4.78, 5) is 2.24. The van der Waals surface area contributed by atoms with Gasteiger partial charge in [0.05, 0.1) is 18.6 Å². The van der Waals surface area contributed by atoms with Gasteiger partial charge in [-0.15, -0.1) is 0 Å². The van der Waals surface area contributed by atoms with E-state index in [-0.39, 0.29) is 5.54 Å². The van der Waals surface area contributed by atoms with Gasteiger partial charge in [0.25, 0.3) is 0 Å². The second-order valence-electron chi connectivity index (χ2n) is 4.29. The van der Waals surface area contributed by atoms with Crippen LogP contribution >= 0.6 is 0 Å². The van der Waals surface area contributed by atoms with Crippen LogP contribution in [0.4, 0.5) is 0 Å². The molecule has 0 radical (unpaired) electrons. The number of rotatable bonds is 5. The molecule has 0 aromatic carbocycles. The zero-order valence-electron chi connectivity index (χ0n) is 10.0. The normalized spacial score (nSPS) is 14.5. The van der Waals surface area contributed by atoms with Gasteiger partial charge in [0, 0.05) is 11.1 Å². The third-order valence-electron chi connectivity index (χ3n) is 3.11. The monoisotopic (exact) mass is 211 g/mol. The Morgan fingerprint density at radius 3 is 2.40 bits per heavy atom. The van der Waals surface area contributed by atoms with Crippen molar-refractivity contribution in [1.82, 2.24) is 4.90 Å². The summed E-state index contributed by atoms with van der Waals surface area (Å²) >= 11 is 0. The smallest absolute Gasteiger partial charge is 0.0999 e. The fraction of sp³-hybridized carbons (Fsp3) is 0.667. The first-order chi connectivity index (χ1) is 7.04. The maximum absolute atomic E-state index is 10.3. The van der Waals surface area contributed by atoms with Crippen molar-refractivity contribution in [3.8, 4) is 0 Å². The van der Waals surface area contributed by atoms with E-state index in [4.69, 9.17) is 4.42 Å². The highest BCUT2D eigenvalue weighted by Gasteiger charge is 2.34. The predicted octanol–water partition coefficient (Wildman–Crippen LogP) is 2.43. The van der Waals surface area contributed by atoms with Crippen molar-refractivity contribution in [2.24, 2.45) is 0 Å². The average molecular weight is 211 g/mol. The highest BCUT2D eigenvalue weighted by molar-refractivity contribution is 5.14. The van der Waals surface area contributed by atoms with Gasteiger partial charge < -0.3 is 9.52 Å². The maximum atomic E-state index is 10.3. The molecule has 0 saturated heterocycles. The molecule has 86 valence electrons. The van der Waals surface area contributed by atoms with Gasteiger partial charge in [-0.2, -0.15) is 0 Å². The van der Waals surface area contributed by atoms with Crippen LogP contribution in [-0.4, -0.2) is 28.6 Å². The summed E-state index contributed by atoms with van der Waals surface area (Å²) in [5.41, 5.74) is 0.569. The number of hydrogen-bond acceptors (Lipinski definition) is 3. The van der Waals surface area contributed by atoms with Gasteiger partial charge in [0.1, 0.15) is 0 Å². The Balaban J connectivity index is 2.85. The molecule has 1 N–H and O–H groups in total. The number of likely N-dealkylation sites (N-methyl/N-ethyl adjacent to an activating group) is 1. The van der Waals surface area contributed by atoms with Crippen molar-refractivity contribution < 1.29 is 9.52 Å². The van der Waals surface area contributed by atoms with Crippen molar-refractivity contribution in [1.29, 1.82) is 0 Å². The first-order valence-corrected chi connectivity index (χ1v) is 5.49. The standard InChI is InChI=1S/C12H21NO2/c1-5-13(6-2)12(3,4)11(14)10-7-8-15-9-10/h7-9,11,14H,5-6H2,1-4H3. The second-order valence-corrected chi connectivity index (χ2v) is 4.29. The van der Waals surface area contributed by atoms with Crippen LogP contribution in [0.1, 0.15) is 39.4 Å². The van der Waals surface area contributed by atoms with Crippen LogP contribution in [0, 0.1) is 0 Å². The van der Waals surface area contributed by atoms with Crippen LogP contribution in [0.3, 0.4) is 0 Å². The fourth-order valence-corrected chi connectivity index (χ4v) is 2.05. The molecule has 0 aliphatic heterocycles. The lowest BCUT2D eigenvalue weighted by Crippen LogP contribution is -2.48. The van der Waals surface area contributed by atoms with E-state index in [9.17, 15) is 5.11 Å². The molecule has 0 bridgehead atoms. The minimum Gasteiger partial charge on any atom is -0.472 e. The average Bonchev–Trinajstić information content (AvgIpc) is 2.70. The summed E-state index contributed by atoms with van der Waals surface area (Å²) in [6.07, 6.45) is 2.68. The van der Waals surface area contributed by atoms with Crippen molar-refractivity contribution in [2.45, 2.75) is 39.3 Å². The van der Waals surface area contributed by atoms with E-state index < -0.39 is 6.10 Å². The molecule has 1 atom stereocenters. The summed E-state index contributed by atoms with van der Waals surface area (Å²) < 4.78 is 5.00. The van der Waals surface area contributed by atoms with Crippen LogP contribution in [0.15, 0.2) is 23.0 Å². The predicted molar refractivity (Wildman–Crippen MR) is 60.7 cm³/mol. The van der Waals surface area contributed by atoms with Gasteiger partial charge in [-0.25, -0.2) is 0 Å². The van der Waals surface area contributed by atoms with E-state index in [1.807, 2.05) is 6.07 Å². The lowest BCUT2D eigenvalue weighted by molar-refractivity contribution is -0.00655. The Labute approximate surface area is 91.7 Å². The number of nitrogens with zero attached hydrogens (tertiary/aromatic N) is 1. The molecule has 0 amide bonds. The van der Waals surface area contributed by atoms with Gasteiger partial charge in [-0.05, 0) is 33.0 Å². The summed E-state index contributed by atoms with van der Waals surface area (Å²) in [5.74, 6) is 0. The van der Waals surface area contributed by atoms with Crippen LogP contribution in [-0.2, 0) is 0 Å². The zero-order chi connectivity index (χ0) is 11.5. The Kier molecular flexibility index (Phi) is 3.94. The molecule has 0 spiro atoms. The number of furan rings is 1. The molecule has 1 rings (SSSR count). The first-order valence-electron chi connectivity index (χ1n) is 5.49. The van der Waals surface area contributed by atoms with E-state index in [1.165, 1.54) is 0 Å². The van der Waals surface area contributed by atoms with Gasteiger partial charge in [0.2, 0.25) is 0 Å². The highest BCUT2D eigenvalue weighted by Crippen LogP contribution is 2.30. The summed E-state index contributed by atoms with van der Waals surface area (Å²) in [7, 11) is 0. The van der Waals surface area contributed by atoms with Gasteiger partial charge in [0.15, 0.2) is 0 Å². The van der Waals surface area contributed by atoms with E-state index in [0.29, 0.717) is 0 Å². The molecule has 1 aromatic heterocycles. The van der Waals surface area contributed by atoms with Crippen molar-refractivity contribution in [3.63, 3.8) is 0 Å². The van der Waals surface area contributed by atoms with Crippen LogP contribution in [0.25, 0.3) is 0 Å². The Morgan fingerprint density at radius 1 is 1.40 bits per heavy atom. The molecule has 3 heteroatoms. The minimum absolute atomic E-state index is 0.270. The molecule has 0 aliphatic rings. The molecule has 0 aliphatic carbocycles.